The standard InChI is InChI=1S/C9H15N/c1-4-7-10-8-5-6-9(2)3/h5,7-8H,2,4,6H2,1,3H3/b8-5-,10-7-. The molecule has 0 bridgehead atoms. The lowest BCUT2D eigenvalue weighted by Crippen LogP contribution is -1.67. The van der Waals surface area contributed by atoms with Crippen molar-refractivity contribution in [3.05, 3.63) is 24.4 Å². The lowest BCUT2D eigenvalue weighted by molar-refractivity contribution is 1.21. The van der Waals surface area contributed by atoms with Crippen LogP contribution in [0.25, 0.3) is 0 Å². The minimum absolute atomic E-state index is 0.932. The summed E-state index contributed by atoms with van der Waals surface area (Å²) in [5, 5.41) is 0. The van der Waals surface area contributed by atoms with Crippen LogP contribution < -0.4 is 0 Å². The lowest BCUT2D eigenvalue weighted by Gasteiger charge is -1.85. The molecule has 1 nitrogen and oxygen atoms in total. The normalized spacial score (nSPS) is 11.4. The molecule has 0 unspecified atom stereocenters. The Morgan fingerprint density at radius 2 is 2.30 bits per heavy atom. The van der Waals surface area contributed by atoms with Crippen LogP contribution in [0.3, 0.4) is 0 Å². The van der Waals surface area contributed by atoms with E-state index in [9.17, 15) is 0 Å². The molecule has 0 aromatic heterocycles. The van der Waals surface area contributed by atoms with Crippen LogP contribution in [0.4, 0.5) is 0 Å². The van der Waals surface area contributed by atoms with Gasteiger partial charge in [0.25, 0.3) is 0 Å². The van der Waals surface area contributed by atoms with E-state index in [-0.39, 0.29) is 0 Å². The van der Waals surface area contributed by atoms with Gasteiger partial charge in [0.15, 0.2) is 0 Å². The van der Waals surface area contributed by atoms with Gasteiger partial charge in [-0.1, -0.05) is 25.2 Å². The molecule has 0 aliphatic rings. The average molecular weight is 137 g/mol. The predicted octanol–water partition coefficient (Wildman–Crippen LogP) is 2.95. The van der Waals surface area contributed by atoms with Gasteiger partial charge in [-0.05, 0) is 19.8 Å². The van der Waals surface area contributed by atoms with Crippen molar-refractivity contribution < 1.29 is 0 Å². The predicted molar refractivity (Wildman–Crippen MR) is 47.4 cm³/mol. The molecular weight excluding hydrogens is 122 g/mol. The number of hydrogen-bond donors (Lipinski definition) is 0. The monoisotopic (exact) mass is 137 g/mol. The van der Waals surface area contributed by atoms with Crippen LogP contribution in [0.1, 0.15) is 26.7 Å². The molecule has 0 amide bonds. The second-order valence-corrected chi connectivity index (χ2v) is 2.29. The summed E-state index contributed by atoms with van der Waals surface area (Å²) in [7, 11) is 0. The van der Waals surface area contributed by atoms with Crippen molar-refractivity contribution in [1.29, 1.82) is 0 Å². The fourth-order valence-corrected chi connectivity index (χ4v) is 0.481. The third-order valence-electron chi connectivity index (χ3n) is 0.946. The molecule has 0 spiro atoms. The van der Waals surface area contributed by atoms with E-state index in [2.05, 4.69) is 18.5 Å². The molecule has 0 fully saturated rings. The highest BCUT2D eigenvalue weighted by molar-refractivity contribution is 5.57. The minimum atomic E-state index is 0.932. The first-order chi connectivity index (χ1) is 4.77. The van der Waals surface area contributed by atoms with Crippen molar-refractivity contribution in [1.82, 2.24) is 0 Å². The van der Waals surface area contributed by atoms with Gasteiger partial charge in [0, 0.05) is 12.4 Å². The molecule has 0 saturated carbocycles. The Morgan fingerprint density at radius 3 is 2.80 bits per heavy atom. The summed E-state index contributed by atoms with van der Waals surface area (Å²) in [5.41, 5.74) is 1.17. The van der Waals surface area contributed by atoms with Gasteiger partial charge in [-0.2, -0.15) is 0 Å². The van der Waals surface area contributed by atoms with E-state index >= 15 is 0 Å². The van der Waals surface area contributed by atoms with Gasteiger partial charge < -0.3 is 0 Å². The molecule has 0 aromatic carbocycles. The molecule has 0 heterocycles. The highest BCUT2D eigenvalue weighted by Gasteiger charge is 1.75. The van der Waals surface area contributed by atoms with Gasteiger partial charge in [-0.25, -0.2) is 0 Å². The van der Waals surface area contributed by atoms with Crippen molar-refractivity contribution in [3.8, 4) is 0 Å². The van der Waals surface area contributed by atoms with Gasteiger partial charge in [-0.15, -0.1) is 0 Å². The van der Waals surface area contributed by atoms with E-state index in [0.29, 0.717) is 0 Å². The zero-order valence-electron chi connectivity index (χ0n) is 6.80. The van der Waals surface area contributed by atoms with Gasteiger partial charge in [0.2, 0.25) is 0 Å². The maximum atomic E-state index is 4.02. The smallest absolute Gasteiger partial charge is 0.0227 e. The lowest BCUT2D eigenvalue weighted by atomic mass is 10.2. The molecule has 0 N–H and O–H groups in total. The summed E-state index contributed by atoms with van der Waals surface area (Å²) in [4.78, 5) is 4.02. The van der Waals surface area contributed by atoms with Gasteiger partial charge in [0.1, 0.15) is 0 Å². The summed E-state index contributed by atoms with van der Waals surface area (Å²) in [6, 6.07) is 0. The van der Waals surface area contributed by atoms with Crippen LogP contribution >= 0.6 is 0 Å². The van der Waals surface area contributed by atoms with E-state index in [1.54, 1.807) is 0 Å². The molecule has 0 aliphatic carbocycles. The Balaban J connectivity index is 3.37. The van der Waals surface area contributed by atoms with E-state index in [1.807, 2.05) is 25.4 Å². The van der Waals surface area contributed by atoms with Crippen molar-refractivity contribution in [2.24, 2.45) is 4.99 Å². The Morgan fingerprint density at radius 1 is 1.60 bits per heavy atom. The number of aliphatic imine (C=N–C) groups is 1. The molecule has 0 aliphatic heterocycles. The number of rotatable bonds is 4. The van der Waals surface area contributed by atoms with Crippen LogP contribution in [-0.4, -0.2) is 6.21 Å². The molecule has 0 aromatic rings. The van der Waals surface area contributed by atoms with Crippen LogP contribution in [0.15, 0.2) is 29.4 Å². The Hall–Kier alpha value is -0.850. The molecule has 56 valence electrons. The number of nitrogens with zero attached hydrogens (tertiary/aromatic N) is 1. The van der Waals surface area contributed by atoms with E-state index in [4.69, 9.17) is 0 Å². The SMILES string of the molecule is C=C(C)C/C=C\N=C/CC. The zero-order valence-corrected chi connectivity index (χ0v) is 6.80. The van der Waals surface area contributed by atoms with Crippen LogP contribution in [-0.2, 0) is 0 Å². The third kappa shape index (κ3) is 7.15. The largest absolute Gasteiger partial charge is 0.269 e. The second-order valence-electron chi connectivity index (χ2n) is 2.29. The average Bonchev–Trinajstić information content (AvgIpc) is 1.87. The number of allylic oxidation sites excluding steroid dienone is 2. The Labute approximate surface area is 63.2 Å². The molecule has 10 heavy (non-hydrogen) atoms. The summed E-state index contributed by atoms with van der Waals surface area (Å²) in [5.74, 6) is 0. The molecule has 0 saturated heterocycles. The molecule has 0 atom stereocenters. The summed E-state index contributed by atoms with van der Waals surface area (Å²) in [6.45, 7) is 7.84. The second kappa shape index (κ2) is 6.27. The summed E-state index contributed by atoms with van der Waals surface area (Å²) < 4.78 is 0. The topological polar surface area (TPSA) is 12.4 Å². The molecular formula is C9H15N. The highest BCUT2D eigenvalue weighted by Crippen LogP contribution is 1.95. The summed E-state index contributed by atoms with van der Waals surface area (Å²) >= 11 is 0. The minimum Gasteiger partial charge on any atom is -0.269 e. The van der Waals surface area contributed by atoms with Crippen LogP contribution in [0.5, 0.6) is 0 Å². The Kier molecular flexibility index (Phi) is 5.74. The Bertz CT molecular complexity index is 143. The fraction of sp³-hybridized carbons (Fsp3) is 0.444. The first-order valence-corrected chi connectivity index (χ1v) is 3.58. The zero-order chi connectivity index (χ0) is 7.82. The van der Waals surface area contributed by atoms with Crippen LogP contribution in [0, 0.1) is 0 Å². The third-order valence-corrected chi connectivity index (χ3v) is 0.946. The summed E-state index contributed by atoms with van der Waals surface area (Å²) in [6.07, 6.45) is 7.64. The van der Waals surface area contributed by atoms with Crippen LogP contribution in [0.2, 0.25) is 0 Å². The van der Waals surface area contributed by atoms with E-state index in [0.717, 1.165) is 12.8 Å². The van der Waals surface area contributed by atoms with Crippen molar-refractivity contribution in [2.75, 3.05) is 0 Å². The quantitative estimate of drug-likeness (QED) is 0.417. The van der Waals surface area contributed by atoms with E-state index in [1.165, 1.54) is 5.57 Å². The van der Waals surface area contributed by atoms with Gasteiger partial charge in [0.05, 0.1) is 0 Å². The first kappa shape index (κ1) is 9.15. The van der Waals surface area contributed by atoms with Crippen molar-refractivity contribution in [3.63, 3.8) is 0 Å². The van der Waals surface area contributed by atoms with E-state index < -0.39 is 0 Å². The van der Waals surface area contributed by atoms with Crippen molar-refractivity contribution >= 4 is 6.21 Å². The van der Waals surface area contributed by atoms with Gasteiger partial charge in [-0.3, -0.25) is 4.99 Å². The molecule has 0 radical (unpaired) electrons. The van der Waals surface area contributed by atoms with Gasteiger partial charge >= 0.3 is 0 Å². The number of hydrogen-bond acceptors (Lipinski definition) is 1. The fourth-order valence-electron chi connectivity index (χ4n) is 0.481. The maximum Gasteiger partial charge on any atom is 0.0227 e. The first-order valence-electron chi connectivity index (χ1n) is 3.58. The molecule has 0 rings (SSSR count). The molecule has 1 heteroatoms. The van der Waals surface area contributed by atoms with Crippen molar-refractivity contribution in [2.45, 2.75) is 26.7 Å². The highest BCUT2D eigenvalue weighted by atomic mass is 14.7. The maximum absolute atomic E-state index is 4.02.